The molecule has 0 unspecified atom stereocenters. The number of carbonyl (C=O) groups excluding carboxylic acids is 1. The van der Waals surface area contributed by atoms with Gasteiger partial charge in [-0.2, -0.15) is 0 Å². The Morgan fingerprint density at radius 3 is 2.55 bits per heavy atom. The van der Waals surface area contributed by atoms with Crippen molar-refractivity contribution in [3.63, 3.8) is 0 Å². The topological polar surface area (TPSA) is 88.7 Å². The van der Waals surface area contributed by atoms with Crippen LogP contribution in [-0.2, 0) is 6.54 Å². The van der Waals surface area contributed by atoms with Gasteiger partial charge in [0.1, 0.15) is 11.6 Å². The van der Waals surface area contributed by atoms with Crippen LogP contribution >= 0.6 is 0 Å². The van der Waals surface area contributed by atoms with Crippen LogP contribution in [0.1, 0.15) is 36.8 Å². The molecule has 11 heteroatoms. The minimum atomic E-state index is -0.940. The fourth-order valence-corrected chi connectivity index (χ4v) is 5.13. The average Bonchev–Trinajstić information content (AvgIpc) is 3.48. The van der Waals surface area contributed by atoms with Crippen molar-refractivity contribution >= 4 is 17.7 Å². The van der Waals surface area contributed by atoms with E-state index in [9.17, 15) is 13.6 Å². The Labute approximate surface area is 229 Å². The first-order chi connectivity index (χ1) is 19.2. The molecule has 0 fully saturated rings. The molecule has 1 aromatic carbocycles. The SMILES string of the molecule is CCN1C(=O)c2nc(-c3ccc(-c4ccnc(OC)c4)nc3)n(Cc3ccc(F)c(F)c3)c2N2CC(C)(C)N=C12. The number of hydrogen-bond acceptors (Lipinski definition) is 7. The van der Waals surface area contributed by atoms with Crippen molar-refractivity contribution in [3.8, 4) is 28.5 Å². The number of amides is 1. The lowest BCUT2D eigenvalue weighted by molar-refractivity contribution is 0.0841. The highest BCUT2D eigenvalue weighted by Gasteiger charge is 2.45. The Morgan fingerprint density at radius 2 is 1.85 bits per heavy atom. The molecule has 40 heavy (non-hydrogen) atoms. The molecule has 0 bridgehead atoms. The third kappa shape index (κ3) is 4.27. The van der Waals surface area contributed by atoms with Crippen molar-refractivity contribution in [1.29, 1.82) is 0 Å². The van der Waals surface area contributed by atoms with E-state index in [4.69, 9.17) is 14.7 Å². The van der Waals surface area contributed by atoms with Crippen LogP contribution in [-0.4, -0.2) is 62.0 Å². The van der Waals surface area contributed by atoms with Crippen molar-refractivity contribution in [1.82, 2.24) is 24.4 Å². The summed E-state index contributed by atoms with van der Waals surface area (Å²) in [6.45, 7) is 7.02. The number of aliphatic imine (C=N–C) groups is 1. The summed E-state index contributed by atoms with van der Waals surface area (Å²) in [4.78, 5) is 35.7. The molecule has 1 amide bonds. The molecule has 0 saturated carbocycles. The van der Waals surface area contributed by atoms with E-state index < -0.39 is 17.2 Å². The van der Waals surface area contributed by atoms with E-state index in [0.29, 0.717) is 53.4 Å². The normalized spacial score (nSPS) is 15.7. The number of aromatic nitrogens is 4. The number of benzene rings is 1. The number of hydrogen-bond donors (Lipinski definition) is 0. The van der Waals surface area contributed by atoms with Crippen LogP contribution in [0, 0.1) is 11.6 Å². The number of ether oxygens (including phenoxy) is 1. The number of pyridine rings is 2. The van der Waals surface area contributed by atoms with Gasteiger partial charge >= 0.3 is 0 Å². The van der Waals surface area contributed by atoms with Gasteiger partial charge in [0.15, 0.2) is 17.3 Å². The molecular weight excluding hydrogens is 516 g/mol. The van der Waals surface area contributed by atoms with Gasteiger partial charge in [0.2, 0.25) is 11.8 Å². The molecule has 3 aromatic heterocycles. The number of rotatable bonds is 6. The van der Waals surface area contributed by atoms with Crippen LogP contribution in [0.3, 0.4) is 0 Å². The van der Waals surface area contributed by atoms with Gasteiger partial charge in [-0.15, -0.1) is 0 Å². The standard InChI is InChI=1S/C29H27F2N7O2/c1-5-36-27(39)24-26(38-16-29(2,3)35-28(36)38)37(15-17-6-8-20(30)21(31)12-17)25(34-24)19-7-9-22(33-14-19)18-10-11-32-23(13-18)40-4/h6-14H,5,15-16H2,1-4H3. The van der Waals surface area contributed by atoms with Crippen molar-refractivity contribution in [3.05, 3.63) is 77.8 Å². The lowest BCUT2D eigenvalue weighted by atomic mass is 10.1. The fourth-order valence-electron chi connectivity index (χ4n) is 5.13. The molecule has 4 aromatic rings. The van der Waals surface area contributed by atoms with E-state index >= 15 is 0 Å². The fraction of sp³-hybridized carbons (Fsp3) is 0.276. The quantitative estimate of drug-likeness (QED) is 0.348. The third-order valence-corrected chi connectivity index (χ3v) is 6.98. The number of imidazole rings is 1. The molecule has 9 nitrogen and oxygen atoms in total. The van der Waals surface area contributed by atoms with Crippen molar-refractivity contribution in [2.45, 2.75) is 32.9 Å². The zero-order valence-corrected chi connectivity index (χ0v) is 22.5. The highest BCUT2D eigenvalue weighted by atomic mass is 19.2. The van der Waals surface area contributed by atoms with Gasteiger partial charge in [-0.3, -0.25) is 19.6 Å². The summed E-state index contributed by atoms with van der Waals surface area (Å²) in [5.41, 5.74) is 2.56. The number of halogens is 2. The molecule has 0 atom stereocenters. The molecule has 0 saturated heterocycles. The summed E-state index contributed by atoms with van der Waals surface area (Å²) < 4.78 is 35.0. The molecule has 0 spiro atoms. The van der Waals surface area contributed by atoms with Crippen LogP contribution in [0.4, 0.5) is 14.6 Å². The number of carbonyl (C=O) groups is 1. The summed E-state index contributed by atoms with van der Waals surface area (Å²) in [6, 6.07) is 11.1. The van der Waals surface area contributed by atoms with Crippen molar-refractivity contribution in [2.75, 3.05) is 25.1 Å². The zero-order chi connectivity index (χ0) is 28.2. The Hall–Kier alpha value is -4.67. The van der Waals surface area contributed by atoms with Gasteiger partial charge in [0.25, 0.3) is 5.91 Å². The maximum Gasteiger partial charge on any atom is 0.283 e. The van der Waals surface area contributed by atoms with Gasteiger partial charge in [0, 0.05) is 36.1 Å². The van der Waals surface area contributed by atoms with Crippen LogP contribution < -0.4 is 9.64 Å². The van der Waals surface area contributed by atoms with Gasteiger partial charge in [-0.25, -0.2) is 23.7 Å². The molecule has 2 aliphatic rings. The maximum atomic E-state index is 14.2. The summed E-state index contributed by atoms with van der Waals surface area (Å²) in [7, 11) is 1.55. The number of fused-ring (bicyclic) bond motifs is 3. The largest absolute Gasteiger partial charge is 0.481 e. The molecule has 0 N–H and O–H groups in total. The highest BCUT2D eigenvalue weighted by molar-refractivity contribution is 6.18. The molecule has 2 aliphatic heterocycles. The highest BCUT2D eigenvalue weighted by Crippen LogP contribution is 2.38. The van der Waals surface area contributed by atoms with Gasteiger partial charge in [-0.1, -0.05) is 6.07 Å². The second-order valence-electron chi connectivity index (χ2n) is 10.3. The molecule has 0 radical (unpaired) electrons. The molecule has 204 valence electrons. The number of methoxy groups -OCH3 is 1. The Kier molecular flexibility index (Phi) is 6.09. The first kappa shape index (κ1) is 25.6. The van der Waals surface area contributed by atoms with Gasteiger partial charge in [-0.05, 0) is 56.7 Å². The first-order valence-electron chi connectivity index (χ1n) is 12.9. The second-order valence-corrected chi connectivity index (χ2v) is 10.3. The van der Waals surface area contributed by atoms with Crippen LogP contribution in [0.2, 0.25) is 0 Å². The molecule has 0 aliphatic carbocycles. The molecular formula is C29H27F2N7O2. The van der Waals surface area contributed by atoms with Crippen molar-refractivity contribution in [2.24, 2.45) is 4.99 Å². The zero-order valence-electron chi connectivity index (χ0n) is 22.5. The average molecular weight is 544 g/mol. The lowest BCUT2D eigenvalue weighted by Crippen LogP contribution is -2.51. The smallest absolute Gasteiger partial charge is 0.283 e. The van der Waals surface area contributed by atoms with Crippen LogP contribution in [0.25, 0.3) is 22.6 Å². The molecule has 5 heterocycles. The summed E-state index contributed by atoms with van der Waals surface area (Å²) in [5.74, 6) is -0.0356. The van der Waals surface area contributed by atoms with Gasteiger partial charge < -0.3 is 9.30 Å². The Bertz CT molecular complexity index is 1660. The first-order valence-corrected chi connectivity index (χ1v) is 12.9. The van der Waals surface area contributed by atoms with E-state index in [2.05, 4.69) is 9.97 Å². The predicted molar refractivity (Wildman–Crippen MR) is 146 cm³/mol. The van der Waals surface area contributed by atoms with Crippen molar-refractivity contribution < 1.29 is 18.3 Å². The van der Waals surface area contributed by atoms with Gasteiger partial charge in [0.05, 0.1) is 31.4 Å². The molecule has 6 rings (SSSR count). The summed E-state index contributed by atoms with van der Waals surface area (Å²) >= 11 is 0. The number of anilines is 1. The van der Waals surface area contributed by atoms with Crippen LogP contribution in [0.5, 0.6) is 5.88 Å². The maximum absolute atomic E-state index is 14.2. The minimum absolute atomic E-state index is 0.155. The lowest BCUT2D eigenvalue weighted by Gasteiger charge is -2.34. The Balaban J connectivity index is 1.50. The second kappa shape index (κ2) is 9.51. The third-order valence-electron chi connectivity index (χ3n) is 6.98. The monoisotopic (exact) mass is 543 g/mol. The van der Waals surface area contributed by atoms with E-state index in [1.807, 2.05) is 48.4 Å². The number of nitrogens with zero attached hydrogens (tertiary/aromatic N) is 7. The van der Waals surface area contributed by atoms with Crippen LogP contribution in [0.15, 0.2) is 59.9 Å². The van der Waals surface area contributed by atoms with E-state index in [-0.39, 0.29) is 18.1 Å². The summed E-state index contributed by atoms with van der Waals surface area (Å²) in [6.07, 6.45) is 3.33. The minimum Gasteiger partial charge on any atom is -0.481 e. The van der Waals surface area contributed by atoms with E-state index in [0.717, 1.165) is 17.7 Å². The van der Waals surface area contributed by atoms with E-state index in [1.54, 1.807) is 30.5 Å². The number of guanidine groups is 1. The van der Waals surface area contributed by atoms with E-state index in [1.165, 1.54) is 6.07 Å². The Morgan fingerprint density at radius 1 is 1.02 bits per heavy atom. The summed E-state index contributed by atoms with van der Waals surface area (Å²) in [5, 5.41) is 0. The predicted octanol–water partition coefficient (Wildman–Crippen LogP) is 4.77.